The molecule has 1 unspecified atom stereocenters. The van der Waals surface area contributed by atoms with Crippen molar-refractivity contribution in [2.24, 2.45) is 5.92 Å². The molecule has 1 aliphatic rings. The number of benzene rings is 1. The molecule has 5 nitrogen and oxygen atoms in total. The lowest BCUT2D eigenvalue weighted by Gasteiger charge is -2.20. The van der Waals surface area contributed by atoms with Crippen LogP contribution in [0, 0.1) is 5.92 Å². The first kappa shape index (κ1) is 14.5. The van der Waals surface area contributed by atoms with Gasteiger partial charge in [0.25, 0.3) is 5.91 Å². The Hall–Kier alpha value is -1.88. The van der Waals surface area contributed by atoms with Crippen LogP contribution in [0.3, 0.4) is 0 Å². The topological polar surface area (TPSA) is 78.4 Å². The number of carbonyl (C=O) groups is 2. The standard InChI is InChI=1S/C15H20N2O3/c1-9(2)13(15(19)20)17-14(18)11-3-4-12-8-16-6-5-10(12)7-11/h3-4,7,9,13,16H,5-6,8H2,1-2H3,(H,17,18)(H,19,20). The number of hydrogen-bond acceptors (Lipinski definition) is 3. The Balaban J connectivity index is 2.15. The number of carboxylic acids is 1. The molecule has 0 aromatic heterocycles. The molecule has 1 aliphatic heterocycles. The zero-order valence-corrected chi connectivity index (χ0v) is 11.8. The molecule has 0 aliphatic carbocycles. The number of aliphatic carboxylic acids is 1. The second kappa shape index (κ2) is 6.05. The number of carboxylic acid groups (broad SMARTS) is 1. The SMILES string of the molecule is CC(C)C(NC(=O)c1ccc2c(c1)CCNC2)C(=O)O. The Labute approximate surface area is 118 Å². The first-order valence-corrected chi connectivity index (χ1v) is 6.85. The largest absolute Gasteiger partial charge is 0.480 e. The van der Waals surface area contributed by atoms with Gasteiger partial charge in [0.1, 0.15) is 6.04 Å². The number of nitrogens with one attached hydrogen (secondary N) is 2. The number of fused-ring (bicyclic) bond motifs is 1. The van der Waals surface area contributed by atoms with Gasteiger partial charge in [-0.1, -0.05) is 19.9 Å². The van der Waals surface area contributed by atoms with Crippen molar-refractivity contribution in [3.8, 4) is 0 Å². The van der Waals surface area contributed by atoms with Crippen molar-refractivity contribution >= 4 is 11.9 Å². The molecule has 0 spiro atoms. The summed E-state index contributed by atoms with van der Waals surface area (Å²) in [6, 6.07) is 4.69. The van der Waals surface area contributed by atoms with Crippen LogP contribution in [0.15, 0.2) is 18.2 Å². The maximum Gasteiger partial charge on any atom is 0.326 e. The molecule has 1 aromatic carbocycles. The summed E-state index contributed by atoms with van der Waals surface area (Å²) < 4.78 is 0. The van der Waals surface area contributed by atoms with Crippen molar-refractivity contribution < 1.29 is 14.7 Å². The second-order valence-corrected chi connectivity index (χ2v) is 5.44. The summed E-state index contributed by atoms with van der Waals surface area (Å²) >= 11 is 0. The fourth-order valence-corrected chi connectivity index (χ4v) is 2.36. The summed E-state index contributed by atoms with van der Waals surface area (Å²) in [7, 11) is 0. The highest BCUT2D eigenvalue weighted by Gasteiger charge is 2.24. The Morgan fingerprint density at radius 3 is 2.70 bits per heavy atom. The zero-order valence-electron chi connectivity index (χ0n) is 11.8. The van der Waals surface area contributed by atoms with E-state index in [9.17, 15) is 9.59 Å². The highest BCUT2D eigenvalue weighted by Crippen LogP contribution is 2.16. The van der Waals surface area contributed by atoms with Crippen LogP contribution >= 0.6 is 0 Å². The highest BCUT2D eigenvalue weighted by molar-refractivity contribution is 5.96. The van der Waals surface area contributed by atoms with Crippen LogP contribution in [0.25, 0.3) is 0 Å². The summed E-state index contributed by atoms with van der Waals surface area (Å²) in [5, 5.41) is 15.0. The minimum absolute atomic E-state index is 0.154. The summed E-state index contributed by atoms with van der Waals surface area (Å²) in [6.07, 6.45) is 0.892. The van der Waals surface area contributed by atoms with E-state index in [0.717, 1.165) is 25.1 Å². The van der Waals surface area contributed by atoms with E-state index in [1.165, 1.54) is 5.56 Å². The Morgan fingerprint density at radius 2 is 2.05 bits per heavy atom. The fourth-order valence-electron chi connectivity index (χ4n) is 2.36. The highest BCUT2D eigenvalue weighted by atomic mass is 16.4. The normalized spacial score (nSPS) is 15.6. The van der Waals surface area contributed by atoms with Gasteiger partial charge in [-0.3, -0.25) is 4.79 Å². The quantitative estimate of drug-likeness (QED) is 0.771. The van der Waals surface area contributed by atoms with E-state index in [0.29, 0.717) is 5.56 Å². The van der Waals surface area contributed by atoms with Gasteiger partial charge in [-0.05, 0) is 42.1 Å². The molecule has 3 N–H and O–H groups in total. The summed E-state index contributed by atoms with van der Waals surface area (Å²) in [5.74, 6) is -1.48. The molecule has 108 valence electrons. The lowest BCUT2D eigenvalue weighted by Crippen LogP contribution is -2.44. The molecule has 1 aromatic rings. The molecule has 1 heterocycles. The first-order valence-electron chi connectivity index (χ1n) is 6.85. The fraction of sp³-hybridized carbons (Fsp3) is 0.467. The number of carbonyl (C=O) groups excluding carboxylic acids is 1. The van der Waals surface area contributed by atoms with Gasteiger partial charge in [0.2, 0.25) is 0 Å². The van der Waals surface area contributed by atoms with E-state index in [1.807, 2.05) is 12.1 Å². The minimum Gasteiger partial charge on any atom is -0.480 e. The van der Waals surface area contributed by atoms with Crippen LogP contribution in [-0.2, 0) is 17.8 Å². The van der Waals surface area contributed by atoms with Gasteiger partial charge in [-0.2, -0.15) is 0 Å². The van der Waals surface area contributed by atoms with E-state index < -0.39 is 12.0 Å². The van der Waals surface area contributed by atoms with Crippen LogP contribution in [0.2, 0.25) is 0 Å². The molecule has 5 heteroatoms. The van der Waals surface area contributed by atoms with Gasteiger partial charge in [-0.15, -0.1) is 0 Å². The molecule has 0 bridgehead atoms. The van der Waals surface area contributed by atoms with Crippen molar-refractivity contribution in [2.75, 3.05) is 6.54 Å². The van der Waals surface area contributed by atoms with Crippen molar-refractivity contribution in [1.82, 2.24) is 10.6 Å². The molecular formula is C15H20N2O3. The van der Waals surface area contributed by atoms with Crippen LogP contribution in [0.5, 0.6) is 0 Å². The van der Waals surface area contributed by atoms with E-state index in [4.69, 9.17) is 5.11 Å². The van der Waals surface area contributed by atoms with Crippen LogP contribution in [0.4, 0.5) is 0 Å². The first-order chi connectivity index (χ1) is 9.49. The Kier molecular flexibility index (Phi) is 4.39. The van der Waals surface area contributed by atoms with Gasteiger partial charge in [0, 0.05) is 12.1 Å². The third-order valence-electron chi connectivity index (χ3n) is 3.57. The monoisotopic (exact) mass is 276 g/mol. The average Bonchev–Trinajstić information content (AvgIpc) is 2.43. The van der Waals surface area contributed by atoms with Crippen molar-refractivity contribution in [3.63, 3.8) is 0 Å². The molecule has 1 amide bonds. The Morgan fingerprint density at radius 1 is 1.30 bits per heavy atom. The van der Waals surface area contributed by atoms with E-state index in [-0.39, 0.29) is 11.8 Å². The van der Waals surface area contributed by atoms with E-state index >= 15 is 0 Å². The number of hydrogen-bond donors (Lipinski definition) is 3. The van der Waals surface area contributed by atoms with Gasteiger partial charge in [0.05, 0.1) is 0 Å². The van der Waals surface area contributed by atoms with Gasteiger partial charge in [-0.25, -0.2) is 4.79 Å². The zero-order chi connectivity index (χ0) is 14.7. The maximum atomic E-state index is 12.2. The minimum atomic E-state index is -1.00. The molecule has 1 atom stereocenters. The smallest absolute Gasteiger partial charge is 0.326 e. The molecule has 20 heavy (non-hydrogen) atoms. The molecule has 0 saturated heterocycles. The number of rotatable bonds is 4. The van der Waals surface area contributed by atoms with E-state index in [2.05, 4.69) is 10.6 Å². The molecule has 0 radical (unpaired) electrons. The summed E-state index contributed by atoms with van der Waals surface area (Å²) in [5.41, 5.74) is 2.89. The third-order valence-corrected chi connectivity index (χ3v) is 3.57. The molecular weight excluding hydrogens is 256 g/mol. The average molecular weight is 276 g/mol. The van der Waals surface area contributed by atoms with Crippen molar-refractivity contribution in [3.05, 3.63) is 34.9 Å². The molecule has 0 saturated carbocycles. The van der Waals surface area contributed by atoms with E-state index in [1.54, 1.807) is 19.9 Å². The van der Waals surface area contributed by atoms with Crippen LogP contribution in [0.1, 0.15) is 35.3 Å². The van der Waals surface area contributed by atoms with Crippen LogP contribution in [-0.4, -0.2) is 29.6 Å². The summed E-state index contributed by atoms with van der Waals surface area (Å²) in [4.78, 5) is 23.3. The van der Waals surface area contributed by atoms with Gasteiger partial charge >= 0.3 is 5.97 Å². The summed E-state index contributed by atoms with van der Waals surface area (Å²) in [6.45, 7) is 5.28. The Bertz CT molecular complexity index is 526. The van der Waals surface area contributed by atoms with Crippen molar-refractivity contribution in [1.29, 1.82) is 0 Å². The predicted octanol–water partition coefficient (Wildman–Crippen LogP) is 1.17. The number of amides is 1. The lowest BCUT2D eigenvalue weighted by molar-refractivity contribution is -0.140. The van der Waals surface area contributed by atoms with Crippen LogP contribution < -0.4 is 10.6 Å². The lowest BCUT2D eigenvalue weighted by atomic mass is 9.97. The van der Waals surface area contributed by atoms with Crippen molar-refractivity contribution in [2.45, 2.75) is 32.9 Å². The second-order valence-electron chi connectivity index (χ2n) is 5.44. The maximum absolute atomic E-state index is 12.2. The molecule has 0 fully saturated rings. The molecule has 2 rings (SSSR count). The third kappa shape index (κ3) is 3.17. The van der Waals surface area contributed by atoms with Gasteiger partial charge < -0.3 is 15.7 Å². The predicted molar refractivity (Wildman–Crippen MR) is 75.6 cm³/mol. The van der Waals surface area contributed by atoms with Gasteiger partial charge in [0.15, 0.2) is 0 Å².